The van der Waals surface area contributed by atoms with Crippen LogP contribution < -0.4 is 20.7 Å². The van der Waals surface area contributed by atoms with E-state index in [1.807, 2.05) is 6.07 Å². The Morgan fingerprint density at radius 2 is 1.57 bits per heavy atom. The average Bonchev–Trinajstić information content (AvgIpc) is 3.03. The van der Waals surface area contributed by atoms with E-state index in [4.69, 9.17) is 0 Å². The Morgan fingerprint density at radius 1 is 0.933 bits per heavy atom. The van der Waals surface area contributed by atoms with Gasteiger partial charge in [0, 0.05) is 11.4 Å². The van der Waals surface area contributed by atoms with Crippen LogP contribution in [0, 0.1) is 6.92 Å². The second-order valence-corrected chi connectivity index (χ2v) is 6.90. The molecule has 3 N–H and O–H groups in total. The number of thiazole rings is 1. The van der Waals surface area contributed by atoms with Gasteiger partial charge in [0.25, 0.3) is 5.91 Å². The van der Waals surface area contributed by atoms with Gasteiger partial charge in [0.2, 0.25) is 0 Å². The third-order valence-electron chi connectivity index (χ3n) is 3.60. The first-order valence-electron chi connectivity index (χ1n) is 8.47. The number of para-hydroxylation sites is 1. The lowest BCUT2D eigenvalue weighted by molar-refractivity contribution is -0.274. The third kappa shape index (κ3) is 5.95. The van der Waals surface area contributed by atoms with Crippen molar-refractivity contribution in [3.05, 3.63) is 65.2 Å². The van der Waals surface area contributed by atoms with Crippen molar-refractivity contribution < 1.29 is 27.5 Å². The predicted octanol–water partition coefficient (Wildman–Crippen LogP) is 5.25. The van der Waals surface area contributed by atoms with Gasteiger partial charge in [0.1, 0.15) is 10.6 Å². The van der Waals surface area contributed by atoms with Gasteiger partial charge < -0.3 is 15.4 Å². The van der Waals surface area contributed by atoms with Crippen LogP contribution in [0.15, 0.2) is 54.6 Å². The van der Waals surface area contributed by atoms with E-state index in [1.54, 1.807) is 31.2 Å². The van der Waals surface area contributed by atoms with E-state index in [1.165, 1.54) is 12.1 Å². The third-order valence-corrected chi connectivity index (χ3v) is 4.67. The fourth-order valence-corrected chi connectivity index (χ4v) is 3.23. The number of alkyl halides is 3. The monoisotopic (exact) mass is 436 g/mol. The molecular weight excluding hydrogens is 421 g/mol. The summed E-state index contributed by atoms with van der Waals surface area (Å²) in [7, 11) is 0. The van der Waals surface area contributed by atoms with Crippen LogP contribution in [0.4, 0.5) is 34.5 Å². The minimum absolute atomic E-state index is 0.222. The van der Waals surface area contributed by atoms with Crippen LogP contribution in [-0.4, -0.2) is 23.3 Å². The smallest absolute Gasteiger partial charge is 0.406 e. The molecule has 0 bridgehead atoms. The molecule has 1 aromatic heterocycles. The number of amides is 3. The van der Waals surface area contributed by atoms with Crippen LogP contribution in [0.25, 0.3) is 0 Å². The number of ether oxygens (including phenoxy) is 1. The molecule has 2 aromatic carbocycles. The molecule has 0 atom stereocenters. The zero-order chi connectivity index (χ0) is 21.7. The molecule has 0 aliphatic heterocycles. The topological polar surface area (TPSA) is 92.4 Å². The lowest BCUT2D eigenvalue weighted by atomic mass is 10.3. The summed E-state index contributed by atoms with van der Waals surface area (Å²) in [6.07, 6.45) is -4.79. The van der Waals surface area contributed by atoms with Gasteiger partial charge in [-0.25, -0.2) is 9.78 Å². The molecule has 0 saturated heterocycles. The number of rotatable bonds is 5. The number of nitrogens with one attached hydrogen (secondary N) is 3. The highest BCUT2D eigenvalue weighted by molar-refractivity contribution is 7.17. The fraction of sp³-hybridized carbons (Fsp3) is 0.105. The van der Waals surface area contributed by atoms with Gasteiger partial charge in [-0.2, -0.15) is 0 Å². The molecule has 3 rings (SSSR count). The summed E-state index contributed by atoms with van der Waals surface area (Å²) in [5.74, 6) is -0.906. The van der Waals surface area contributed by atoms with E-state index in [0.717, 1.165) is 23.5 Å². The van der Waals surface area contributed by atoms with Gasteiger partial charge in [-0.15, -0.1) is 13.2 Å². The van der Waals surface area contributed by atoms with Crippen LogP contribution in [0.5, 0.6) is 5.75 Å². The Balaban J connectivity index is 1.61. The zero-order valence-corrected chi connectivity index (χ0v) is 16.2. The average molecular weight is 436 g/mol. The molecule has 0 aliphatic rings. The number of carbonyl (C=O) groups is 2. The van der Waals surface area contributed by atoms with E-state index >= 15 is 0 Å². The number of hydrogen-bond donors (Lipinski definition) is 3. The fourth-order valence-electron chi connectivity index (χ4n) is 2.37. The van der Waals surface area contributed by atoms with Gasteiger partial charge in [-0.3, -0.25) is 10.1 Å². The van der Waals surface area contributed by atoms with Crippen LogP contribution in [-0.2, 0) is 0 Å². The van der Waals surface area contributed by atoms with Gasteiger partial charge in [-0.1, -0.05) is 29.5 Å². The first-order chi connectivity index (χ1) is 14.2. The van der Waals surface area contributed by atoms with Gasteiger partial charge >= 0.3 is 12.4 Å². The molecule has 7 nitrogen and oxygen atoms in total. The number of urea groups is 1. The molecule has 0 aliphatic carbocycles. The highest BCUT2D eigenvalue weighted by atomic mass is 32.1. The highest BCUT2D eigenvalue weighted by Gasteiger charge is 2.31. The van der Waals surface area contributed by atoms with Crippen LogP contribution in [0.2, 0.25) is 0 Å². The Kier molecular flexibility index (Phi) is 6.21. The molecule has 30 heavy (non-hydrogen) atoms. The normalized spacial score (nSPS) is 10.9. The number of anilines is 3. The van der Waals surface area contributed by atoms with Crippen LogP contribution in [0.3, 0.4) is 0 Å². The summed E-state index contributed by atoms with van der Waals surface area (Å²) in [4.78, 5) is 28.9. The van der Waals surface area contributed by atoms with Gasteiger partial charge in [0.05, 0.1) is 5.69 Å². The maximum atomic E-state index is 12.5. The standard InChI is InChI=1S/C19H15F3N4O3S/c1-11-15(16(27)24-13-7-9-14(10-8-13)29-19(20,21)22)30-18(23-11)26-17(28)25-12-5-3-2-4-6-12/h2-10H,1H3,(H,24,27)(H2,23,25,26,28). The van der Waals surface area contributed by atoms with Crippen molar-refractivity contribution in [1.29, 1.82) is 0 Å². The molecule has 1 heterocycles. The molecule has 0 radical (unpaired) electrons. The number of hydrogen-bond acceptors (Lipinski definition) is 5. The van der Waals surface area contributed by atoms with Crippen molar-refractivity contribution in [2.45, 2.75) is 13.3 Å². The van der Waals surface area contributed by atoms with E-state index in [0.29, 0.717) is 11.4 Å². The quantitative estimate of drug-likeness (QED) is 0.510. The molecule has 11 heteroatoms. The first kappa shape index (κ1) is 21.1. The summed E-state index contributed by atoms with van der Waals surface area (Å²) in [5.41, 5.74) is 1.27. The summed E-state index contributed by atoms with van der Waals surface area (Å²) in [5, 5.41) is 7.97. The molecule has 0 spiro atoms. The van der Waals surface area contributed by atoms with Crippen LogP contribution >= 0.6 is 11.3 Å². The zero-order valence-electron chi connectivity index (χ0n) is 15.4. The number of aryl methyl sites for hydroxylation is 1. The first-order valence-corrected chi connectivity index (χ1v) is 9.29. The van der Waals surface area contributed by atoms with Crippen molar-refractivity contribution in [1.82, 2.24) is 4.98 Å². The minimum Gasteiger partial charge on any atom is -0.406 e. The Bertz CT molecular complexity index is 1040. The van der Waals surface area contributed by atoms with Crippen molar-refractivity contribution in [3.8, 4) is 5.75 Å². The van der Waals surface area contributed by atoms with Gasteiger partial charge in [-0.05, 0) is 43.3 Å². The molecule has 0 fully saturated rings. The molecule has 0 saturated carbocycles. The second kappa shape index (κ2) is 8.82. The molecule has 3 amide bonds. The minimum atomic E-state index is -4.79. The highest BCUT2D eigenvalue weighted by Crippen LogP contribution is 2.26. The molecule has 3 aromatic rings. The van der Waals surface area contributed by atoms with Crippen molar-refractivity contribution in [3.63, 3.8) is 0 Å². The Morgan fingerprint density at radius 3 is 2.20 bits per heavy atom. The van der Waals surface area contributed by atoms with Gasteiger partial charge in [0.15, 0.2) is 5.13 Å². The predicted molar refractivity (Wildman–Crippen MR) is 107 cm³/mol. The Hall–Kier alpha value is -3.60. The number of benzene rings is 2. The lowest BCUT2D eigenvalue weighted by Gasteiger charge is -2.09. The summed E-state index contributed by atoms with van der Waals surface area (Å²) in [6, 6.07) is 13.0. The lowest BCUT2D eigenvalue weighted by Crippen LogP contribution is -2.19. The Labute approximate surface area is 172 Å². The maximum Gasteiger partial charge on any atom is 0.573 e. The van der Waals surface area contributed by atoms with E-state index in [2.05, 4.69) is 25.7 Å². The summed E-state index contributed by atoms with van der Waals surface area (Å²) in [6.45, 7) is 1.60. The van der Waals surface area contributed by atoms with E-state index < -0.39 is 24.1 Å². The second-order valence-electron chi connectivity index (χ2n) is 5.91. The molecule has 0 unspecified atom stereocenters. The number of carbonyl (C=O) groups excluding carboxylic acids is 2. The molecular formula is C19H15F3N4O3S. The number of aromatic nitrogens is 1. The maximum absolute atomic E-state index is 12.5. The van der Waals surface area contributed by atoms with E-state index in [-0.39, 0.29) is 15.7 Å². The number of halogens is 3. The van der Waals surface area contributed by atoms with Crippen molar-refractivity contribution >= 4 is 39.8 Å². The largest absolute Gasteiger partial charge is 0.573 e. The summed E-state index contributed by atoms with van der Waals surface area (Å²) < 4.78 is 40.4. The van der Waals surface area contributed by atoms with Crippen molar-refractivity contribution in [2.24, 2.45) is 0 Å². The summed E-state index contributed by atoms with van der Waals surface area (Å²) >= 11 is 0.968. The number of nitrogens with zero attached hydrogens (tertiary/aromatic N) is 1. The van der Waals surface area contributed by atoms with E-state index in [9.17, 15) is 22.8 Å². The van der Waals surface area contributed by atoms with Crippen molar-refractivity contribution in [2.75, 3.05) is 16.0 Å². The SMILES string of the molecule is Cc1nc(NC(=O)Nc2ccccc2)sc1C(=O)Nc1ccc(OC(F)(F)F)cc1. The molecule has 156 valence electrons. The van der Waals surface area contributed by atoms with Crippen LogP contribution in [0.1, 0.15) is 15.4 Å².